The van der Waals surface area contributed by atoms with Crippen molar-refractivity contribution in [1.82, 2.24) is 20.1 Å². The van der Waals surface area contributed by atoms with Gasteiger partial charge in [0.2, 0.25) is 5.91 Å². The molecule has 0 spiro atoms. The fourth-order valence-corrected chi connectivity index (χ4v) is 2.78. The number of nitrogens with one attached hydrogen (secondary N) is 1. The van der Waals surface area contributed by atoms with Crippen molar-refractivity contribution in [1.29, 1.82) is 0 Å². The second kappa shape index (κ2) is 8.31. The van der Waals surface area contributed by atoms with Crippen LogP contribution >= 0.6 is 0 Å². The van der Waals surface area contributed by atoms with Gasteiger partial charge in [0.25, 0.3) is 5.56 Å². The van der Waals surface area contributed by atoms with Crippen molar-refractivity contribution < 1.29 is 14.3 Å². The first-order valence-corrected chi connectivity index (χ1v) is 8.40. The third-order valence-corrected chi connectivity index (χ3v) is 4.14. The SMILES string of the molecule is COc1ccc2cnn(CC(=O)NCCc3ccncc3)c(=O)c2c1OC. The molecule has 8 heteroatoms. The molecule has 0 unspecified atom stereocenters. The van der Waals surface area contributed by atoms with E-state index in [0.29, 0.717) is 35.2 Å². The first-order chi connectivity index (χ1) is 13.1. The number of methoxy groups -OCH3 is 2. The van der Waals surface area contributed by atoms with E-state index in [1.165, 1.54) is 20.4 Å². The summed E-state index contributed by atoms with van der Waals surface area (Å²) in [6.45, 7) is 0.286. The monoisotopic (exact) mass is 368 g/mol. The van der Waals surface area contributed by atoms with Crippen molar-refractivity contribution in [3.8, 4) is 11.5 Å². The smallest absolute Gasteiger partial charge is 0.279 e. The third-order valence-electron chi connectivity index (χ3n) is 4.14. The molecule has 3 rings (SSSR count). The van der Waals surface area contributed by atoms with Crippen LogP contribution in [0.1, 0.15) is 5.56 Å². The van der Waals surface area contributed by atoms with E-state index in [0.717, 1.165) is 10.2 Å². The molecule has 0 saturated carbocycles. The first kappa shape index (κ1) is 18.4. The number of rotatable bonds is 7. The lowest BCUT2D eigenvalue weighted by Crippen LogP contribution is -2.34. The number of pyridine rings is 1. The van der Waals surface area contributed by atoms with Gasteiger partial charge in [0.1, 0.15) is 6.54 Å². The van der Waals surface area contributed by atoms with E-state index in [2.05, 4.69) is 15.4 Å². The van der Waals surface area contributed by atoms with Gasteiger partial charge in [-0.3, -0.25) is 14.6 Å². The number of hydrogen-bond acceptors (Lipinski definition) is 6. The van der Waals surface area contributed by atoms with Gasteiger partial charge in [-0.15, -0.1) is 0 Å². The van der Waals surface area contributed by atoms with Gasteiger partial charge in [-0.1, -0.05) is 0 Å². The highest BCUT2D eigenvalue weighted by atomic mass is 16.5. The second-order valence-corrected chi connectivity index (χ2v) is 5.83. The zero-order valence-electron chi connectivity index (χ0n) is 15.1. The normalized spacial score (nSPS) is 10.6. The van der Waals surface area contributed by atoms with E-state index in [4.69, 9.17) is 9.47 Å². The number of benzene rings is 1. The Morgan fingerprint density at radius 2 is 1.93 bits per heavy atom. The molecule has 0 aliphatic carbocycles. The maximum absolute atomic E-state index is 12.8. The molecule has 1 aromatic carbocycles. The molecule has 1 N–H and O–H groups in total. The van der Waals surface area contributed by atoms with Crippen molar-refractivity contribution in [2.75, 3.05) is 20.8 Å². The van der Waals surface area contributed by atoms with E-state index in [1.807, 2.05) is 12.1 Å². The molecule has 0 saturated heterocycles. The number of fused-ring (bicyclic) bond motifs is 1. The molecule has 0 aliphatic heterocycles. The topological polar surface area (TPSA) is 95.3 Å². The van der Waals surface area contributed by atoms with Crippen LogP contribution in [0.5, 0.6) is 11.5 Å². The van der Waals surface area contributed by atoms with Crippen molar-refractivity contribution in [2.24, 2.45) is 0 Å². The molecule has 0 radical (unpaired) electrons. The highest BCUT2D eigenvalue weighted by molar-refractivity contribution is 5.89. The van der Waals surface area contributed by atoms with Gasteiger partial charge in [-0.2, -0.15) is 5.10 Å². The molecular formula is C19H20N4O4. The van der Waals surface area contributed by atoms with Crippen LogP contribution in [-0.2, 0) is 17.8 Å². The van der Waals surface area contributed by atoms with Crippen LogP contribution in [0.3, 0.4) is 0 Å². The summed E-state index contributed by atoms with van der Waals surface area (Å²) in [6, 6.07) is 7.21. The summed E-state index contributed by atoms with van der Waals surface area (Å²) < 4.78 is 11.7. The fraction of sp³-hybridized carbons (Fsp3) is 0.263. The fourth-order valence-electron chi connectivity index (χ4n) is 2.78. The third kappa shape index (κ3) is 4.05. The summed E-state index contributed by atoms with van der Waals surface area (Å²) in [6.07, 6.45) is 5.62. The van der Waals surface area contributed by atoms with E-state index in [-0.39, 0.29) is 12.5 Å². The number of ether oxygens (including phenoxy) is 2. The van der Waals surface area contributed by atoms with E-state index < -0.39 is 5.56 Å². The molecule has 1 amide bonds. The Morgan fingerprint density at radius 3 is 2.63 bits per heavy atom. The van der Waals surface area contributed by atoms with Crippen LogP contribution in [0.25, 0.3) is 10.8 Å². The summed E-state index contributed by atoms with van der Waals surface area (Å²) in [5.41, 5.74) is 0.663. The molecule has 3 aromatic rings. The Balaban J connectivity index is 1.75. The van der Waals surface area contributed by atoms with Crippen LogP contribution in [0.15, 0.2) is 47.7 Å². The maximum Gasteiger partial charge on any atom is 0.279 e. The lowest BCUT2D eigenvalue weighted by molar-refractivity contribution is -0.121. The predicted octanol–water partition coefficient (Wildman–Crippen LogP) is 1.17. The average molecular weight is 368 g/mol. The van der Waals surface area contributed by atoms with E-state index in [9.17, 15) is 9.59 Å². The Labute approximate surface area is 155 Å². The van der Waals surface area contributed by atoms with Gasteiger partial charge in [0.05, 0.1) is 25.8 Å². The minimum atomic E-state index is -0.410. The minimum Gasteiger partial charge on any atom is -0.493 e. The lowest BCUT2D eigenvalue weighted by atomic mass is 10.1. The molecule has 0 bridgehead atoms. The molecule has 140 valence electrons. The number of hydrogen-bond donors (Lipinski definition) is 1. The molecule has 8 nitrogen and oxygen atoms in total. The highest BCUT2D eigenvalue weighted by Crippen LogP contribution is 2.32. The number of amides is 1. The van der Waals surface area contributed by atoms with E-state index >= 15 is 0 Å². The molecule has 0 aliphatic rings. The van der Waals surface area contributed by atoms with Crippen LogP contribution in [-0.4, -0.2) is 41.4 Å². The Bertz CT molecular complexity index is 1000. The maximum atomic E-state index is 12.8. The second-order valence-electron chi connectivity index (χ2n) is 5.83. The van der Waals surface area contributed by atoms with Crippen molar-refractivity contribution in [3.63, 3.8) is 0 Å². The van der Waals surface area contributed by atoms with E-state index in [1.54, 1.807) is 24.5 Å². The van der Waals surface area contributed by atoms with Crippen LogP contribution in [0.2, 0.25) is 0 Å². The van der Waals surface area contributed by atoms with Gasteiger partial charge >= 0.3 is 0 Å². The number of nitrogens with zero attached hydrogens (tertiary/aromatic N) is 3. The first-order valence-electron chi connectivity index (χ1n) is 8.40. The van der Waals surface area contributed by atoms with Crippen molar-refractivity contribution >= 4 is 16.7 Å². The minimum absolute atomic E-state index is 0.175. The number of carbonyl (C=O) groups excluding carboxylic acids is 1. The molecular weight excluding hydrogens is 348 g/mol. The summed E-state index contributed by atoms with van der Waals surface area (Å²) in [7, 11) is 2.97. The van der Waals surface area contributed by atoms with Gasteiger partial charge in [0, 0.05) is 24.3 Å². The summed E-state index contributed by atoms with van der Waals surface area (Å²) in [4.78, 5) is 28.9. The van der Waals surface area contributed by atoms with Crippen molar-refractivity contribution in [2.45, 2.75) is 13.0 Å². The lowest BCUT2D eigenvalue weighted by Gasteiger charge is -2.12. The van der Waals surface area contributed by atoms with Gasteiger partial charge in [-0.25, -0.2) is 4.68 Å². The molecule has 2 heterocycles. The Hall–Kier alpha value is -3.42. The zero-order valence-corrected chi connectivity index (χ0v) is 15.1. The predicted molar refractivity (Wildman–Crippen MR) is 100 cm³/mol. The highest BCUT2D eigenvalue weighted by Gasteiger charge is 2.15. The average Bonchev–Trinajstić information content (AvgIpc) is 2.70. The Kier molecular flexibility index (Phi) is 5.65. The van der Waals surface area contributed by atoms with Crippen LogP contribution < -0.4 is 20.3 Å². The van der Waals surface area contributed by atoms with Crippen LogP contribution in [0, 0.1) is 0 Å². The van der Waals surface area contributed by atoms with Gasteiger partial charge < -0.3 is 14.8 Å². The summed E-state index contributed by atoms with van der Waals surface area (Å²) >= 11 is 0. The summed E-state index contributed by atoms with van der Waals surface area (Å²) in [5, 5.41) is 7.82. The molecule has 0 fully saturated rings. The van der Waals surface area contributed by atoms with Crippen LogP contribution in [0.4, 0.5) is 0 Å². The molecule has 27 heavy (non-hydrogen) atoms. The standard InChI is InChI=1S/C19H20N4O4/c1-26-15-4-3-14-11-22-23(19(25)17(14)18(15)27-2)12-16(24)21-10-7-13-5-8-20-9-6-13/h3-6,8-9,11H,7,10,12H2,1-2H3,(H,21,24). The van der Waals surface area contributed by atoms with Gasteiger partial charge in [-0.05, 0) is 36.2 Å². The molecule has 0 atom stereocenters. The number of carbonyl (C=O) groups is 1. The summed E-state index contributed by atoms with van der Waals surface area (Å²) in [5.74, 6) is 0.482. The Morgan fingerprint density at radius 1 is 1.15 bits per heavy atom. The number of aromatic nitrogens is 3. The van der Waals surface area contributed by atoms with Crippen molar-refractivity contribution in [3.05, 3.63) is 58.8 Å². The largest absolute Gasteiger partial charge is 0.493 e. The zero-order chi connectivity index (χ0) is 19.2. The van der Waals surface area contributed by atoms with Gasteiger partial charge in [0.15, 0.2) is 11.5 Å². The quantitative estimate of drug-likeness (QED) is 0.673. The molecule has 2 aromatic heterocycles.